The minimum Gasteiger partial charge on any atom is -0.506 e. The lowest BCUT2D eigenvalue weighted by Gasteiger charge is -2.22. The fourth-order valence-electron chi connectivity index (χ4n) is 2.41. The second kappa shape index (κ2) is 7.14. The number of ether oxygens (including phenoxy) is 1. The van der Waals surface area contributed by atoms with Crippen LogP contribution in [0, 0.1) is 0 Å². The van der Waals surface area contributed by atoms with Gasteiger partial charge in [-0.05, 0) is 31.0 Å². The van der Waals surface area contributed by atoms with E-state index >= 15 is 0 Å². The van der Waals surface area contributed by atoms with Crippen molar-refractivity contribution in [1.82, 2.24) is 5.32 Å². The summed E-state index contributed by atoms with van der Waals surface area (Å²) in [5.41, 5.74) is 6.15. The van der Waals surface area contributed by atoms with E-state index in [2.05, 4.69) is 5.32 Å². The quantitative estimate of drug-likeness (QED) is 0.437. The number of hydrogen-bond donors (Lipinski definition) is 3. The molecule has 0 atom stereocenters. The van der Waals surface area contributed by atoms with Crippen LogP contribution in [-0.2, 0) is 4.74 Å². The van der Waals surface area contributed by atoms with Crippen LogP contribution < -0.4 is 11.1 Å². The van der Waals surface area contributed by atoms with Crippen molar-refractivity contribution in [3.8, 4) is 5.75 Å². The Kier molecular flexibility index (Phi) is 5.24. The number of carbonyl (C=O) groups is 1. The standard InChI is InChI=1S/C15H22N2O3/c16-13-7-6-11(10-14(13)18)15(19)17-8-9-20-12-4-2-1-3-5-12/h6-7,10,12,18H,1-5,8-9,16H2,(H,17,19). The van der Waals surface area contributed by atoms with E-state index in [0.29, 0.717) is 24.8 Å². The lowest BCUT2D eigenvalue weighted by molar-refractivity contribution is 0.0299. The van der Waals surface area contributed by atoms with E-state index in [0.717, 1.165) is 12.8 Å². The number of aromatic hydroxyl groups is 1. The molecule has 0 aromatic heterocycles. The van der Waals surface area contributed by atoms with Gasteiger partial charge in [-0.15, -0.1) is 0 Å². The van der Waals surface area contributed by atoms with Crippen molar-refractivity contribution in [2.45, 2.75) is 38.2 Å². The van der Waals surface area contributed by atoms with Crippen LogP contribution in [-0.4, -0.2) is 30.3 Å². The molecule has 0 spiro atoms. The zero-order valence-corrected chi connectivity index (χ0v) is 11.6. The molecule has 2 rings (SSSR count). The average molecular weight is 278 g/mol. The molecule has 0 saturated heterocycles. The van der Waals surface area contributed by atoms with Crippen LogP contribution in [0.15, 0.2) is 18.2 Å². The summed E-state index contributed by atoms with van der Waals surface area (Å²) in [7, 11) is 0. The van der Waals surface area contributed by atoms with Crippen molar-refractivity contribution >= 4 is 11.6 Å². The number of nitrogens with one attached hydrogen (secondary N) is 1. The Morgan fingerprint density at radius 2 is 2.10 bits per heavy atom. The van der Waals surface area contributed by atoms with E-state index in [1.165, 1.54) is 31.4 Å². The predicted molar refractivity (Wildman–Crippen MR) is 77.7 cm³/mol. The van der Waals surface area contributed by atoms with Crippen molar-refractivity contribution in [3.63, 3.8) is 0 Å². The normalized spacial score (nSPS) is 16.0. The fraction of sp³-hybridized carbons (Fsp3) is 0.533. The van der Waals surface area contributed by atoms with E-state index in [1.807, 2.05) is 0 Å². The third kappa shape index (κ3) is 4.13. The second-order valence-corrected chi connectivity index (χ2v) is 5.16. The Morgan fingerprint density at radius 1 is 1.35 bits per heavy atom. The molecular formula is C15H22N2O3. The molecule has 1 aromatic rings. The Labute approximate surface area is 119 Å². The molecule has 0 aliphatic heterocycles. The van der Waals surface area contributed by atoms with E-state index < -0.39 is 0 Å². The number of nitrogens with two attached hydrogens (primary N) is 1. The zero-order chi connectivity index (χ0) is 14.4. The molecule has 1 aliphatic rings. The maximum Gasteiger partial charge on any atom is 0.251 e. The lowest BCUT2D eigenvalue weighted by Crippen LogP contribution is -2.29. The molecule has 1 amide bonds. The third-order valence-electron chi connectivity index (χ3n) is 3.59. The summed E-state index contributed by atoms with van der Waals surface area (Å²) in [6.45, 7) is 0.998. The SMILES string of the molecule is Nc1ccc(C(=O)NCCOC2CCCCC2)cc1O. The molecule has 0 bridgehead atoms. The van der Waals surface area contributed by atoms with Crippen LogP contribution in [0.25, 0.3) is 0 Å². The van der Waals surface area contributed by atoms with Gasteiger partial charge in [0.25, 0.3) is 5.91 Å². The zero-order valence-electron chi connectivity index (χ0n) is 11.6. The monoisotopic (exact) mass is 278 g/mol. The van der Waals surface area contributed by atoms with Crippen LogP contribution in [0.3, 0.4) is 0 Å². The largest absolute Gasteiger partial charge is 0.506 e. The topological polar surface area (TPSA) is 84.6 Å². The van der Waals surface area contributed by atoms with Crippen molar-refractivity contribution in [3.05, 3.63) is 23.8 Å². The van der Waals surface area contributed by atoms with Crippen LogP contribution in [0.1, 0.15) is 42.5 Å². The highest BCUT2D eigenvalue weighted by Crippen LogP contribution is 2.21. The van der Waals surface area contributed by atoms with Crippen LogP contribution in [0.2, 0.25) is 0 Å². The lowest BCUT2D eigenvalue weighted by atomic mass is 9.98. The molecule has 5 nitrogen and oxygen atoms in total. The summed E-state index contributed by atoms with van der Waals surface area (Å²) in [5, 5.41) is 12.2. The number of nitrogen functional groups attached to an aromatic ring is 1. The van der Waals surface area contributed by atoms with Gasteiger partial charge in [0.05, 0.1) is 18.4 Å². The van der Waals surface area contributed by atoms with Gasteiger partial charge in [-0.3, -0.25) is 4.79 Å². The highest BCUT2D eigenvalue weighted by atomic mass is 16.5. The summed E-state index contributed by atoms with van der Waals surface area (Å²) >= 11 is 0. The summed E-state index contributed by atoms with van der Waals surface area (Å²) in [6, 6.07) is 4.47. The number of phenols is 1. The van der Waals surface area contributed by atoms with Crippen molar-refractivity contribution in [2.75, 3.05) is 18.9 Å². The molecule has 1 saturated carbocycles. The van der Waals surface area contributed by atoms with Crippen molar-refractivity contribution in [2.24, 2.45) is 0 Å². The van der Waals surface area contributed by atoms with E-state index in [-0.39, 0.29) is 17.3 Å². The molecule has 1 aliphatic carbocycles. The summed E-state index contributed by atoms with van der Waals surface area (Å²) in [4.78, 5) is 11.8. The Morgan fingerprint density at radius 3 is 2.80 bits per heavy atom. The number of anilines is 1. The van der Waals surface area contributed by atoms with E-state index in [1.54, 1.807) is 6.07 Å². The van der Waals surface area contributed by atoms with Crippen molar-refractivity contribution < 1.29 is 14.6 Å². The van der Waals surface area contributed by atoms with Crippen molar-refractivity contribution in [1.29, 1.82) is 0 Å². The minimum absolute atomic E-state index is 0.0731. The molecule has 1 aromatic carbocycles. The number of hydrogen-bond acceptors (Lipinski definition) is 4. The molecule has 110 valence electrons. The van der Waals surface area contributed by atoms with Gasteiger partial charge in [0.15, 0.2) is 0 Å². The van der Waals surface area contributed by atoms with E-state index in [9.17, 15) is 9.90 Å². The first-order chi connectivity index (χ1) is 9.66. The van der Waals surface area contributed by atoms with Crippen LogP contribution in [0.4, 0.5) is 5.69 Å². The summed E-state index contributed by atoms with van der Waals surface area (Å²) in [6.07, 6.45) is 6.38. The molecule has 1 fully saturated rings. The van der Waals surface area contributed by atoms with Gasteiger partial charge in [0.1, 0.15) is 5.75 Å². The maximum atomic E-state index is 11.8. The summed E-state index contributed by atoms with van der Waals surface area (Å²) in [5.74, 6) is -0.302. The minimum atomic E-state index is -0.229. The highest BCUT2D eigenvalue weighted by molar-refractivity contribution is 5.95. The summed E-state index contributed by atoms with van der Waals surface area (Å²) < 4.78 is 5.73. The molecular weight excluding hydrogens is 256 g/mol. The van der Waals surface area contributed by atoms with Crippen LogP contribution in [0.5, 0.6) is 5.75 Å². The van der Waals surface area contributed by atoms with Gasteiger partial charge in [-0.1, -0.05) is 19.3 Å². The second-order valence-electron chi connectivity index (χ2n) is 5.16. The number of benzene rings is 1. The Hall–Kier alpha value is -1.75. The molecule has 0 radical (unpaired) electrons. The first kappa shape index (κ1) is 14.7. The molecule has 4 N–H and O–H groups in total. The molecule has 0 heterocycles. The van der Waals surface area contributed by atoms with Crippen LogP contribution >= 0.6 is 0 Å². The number of phenolic OH excluding ortho intramolecular Hbond substituents is 1. The van der Waals surface area contributed by atoms with Gasteiger partial charge < -0.3 is 20.9 Å². The smallest absolute Gasteiger partial charge is 0.251 e. The Bertz CT molecular complexity index is 456. The molecule has 20 heavy (non-hydrogen) atoms. The fourth-order valence-corrected chi connectivity index (χ4v) is 2.41. The highest BCUT2D eigenvalue weighted by Gasteiger charge is 2.13. The van der Waals surface area contributed by atoms with Gasteiger partial charge in [0.2, 0.25) is 0 Å². The van der Waals surface area contributed by atoms with Gasteiger partial charge in [-0.25, -0.2) is 0 Å². The first-order valence-electron chi connectivity index (χ1n) is 7.15. The Balaban J connectivity index is 1.70. The van der Waals surface area contributed by atoms with E-state index in [4.69, 9.17) is 10.5 Å². The van der Waals surface area contributed by atoms with Gasteiger partial charge >= 0.3 is 0 Å². The maximum absolute atomic E-state index is 11.8. The predicted octanol–water partition coefficient (Wildman–Crippen LogP) is 2.05. The third-order valence-corrected chi connectivity index (χ3v) is 3.59. The number of rotatable bonds is 5. The van der Waals surface area contributed by atoms with Gasteiger partial charge in [-0.2, -0.15) is 0 Å². The molecule has 5 heteroatoms. The number of carbonyl (C=O) groups excluding carboxylic acids is 1. The molecule has 0 unspecified atom stereocenters. The van der Waals surface area contributed by atoms with Gasteiger partial charge in [0, 0.05) is 12.1 Å². The first-order valence-corrected chi connectivity index (χ1v) is 7.15. The number of amides is 1. The average Bonchev–Trinajstić information content (AvgIpc) is 2.47.